The van der Waals surface area contributed by atoms with Gasteiger partial charge in [-0.15, -0.1) is 5.10 Å². The molecule has 0 radical (unpaired) electrons. The largest absolute Gasteiger partial charge is 0.478 e. The van der Waals surface area contributed by atoms with Crippen LogP contribution in [-0.4, -0.2) is 31.8 Å². The van der Waals surface area contributed by atoms with Gasteiger partial charge in [-0.3, -0.25) is 4.79 Å². The average Bonchev–Trinajstić information content (AvgIpc) is 3.38. The minimum atomic E-state index is -1.00. The zero-order valence-corrected chi connectivity index (χ0v) is 21.2. The Morgan fingerprint density at radius 1 is 0.825 bits per heavy atom. The number of pyridine rings is 1. The number of rotatable bonds is 7. The van der Waals surface area contributed by atoms with Crippen LogP contribution in [0.25, 0.3) is 27.4 Å². The van der Waals surface area contributed by atoms with E-state index < -0.39 is 5.97 Å². The van der Waals surface area contributed by atoms with Gasteiger partial charge in [-0.1, -0.05) is 71.9 Å². The second kappa shape index (κ2) is 10.4. The summed E-state index contributed by atoms with van der Waals surface area (Å²) in [5.74, 6) is -1.59. The van der Waals surface area contributed by atoms with Crippen molar-refractivity contribution >= 4 is 28.2 Å². The first-order chi connectivity index (χ1) is 19.4. The van der Waals surface area contributed by atoms with E-state index in [1.807, 2.05) is 60.8 Å². The third-order valence-corrected chi connectivity index (χ3v) is 6.82. The van der Waals surface area contributed by atoms with Crippen molar-refractivity contribution in [3.05, 3.63) is 137 Å². The molecule has 0 aliphatic rings. The summed E-state index contributed by atoms with van der Waals surface area (Å²) in [5, 5.41) is 22.6. The molecule has 0 atom stereocenters. The van der Waals surface area contributed by atoms with Gasteiger partial charge in [0.1, 0.15) is 11.3 Å². The van der Waals surface area contributed by atoms with Gasteiger partial charge >= 0.3 is 5.97 Å². The zero-order chi connectivity index (χ0) is 27.6. The minimum absolute atomic E-state index is 0.182. The molecule has 6 aromatic rings. The van der Waals surface area contributed by atoms with Crippen LogP contribution in [0.5, 0.6) is 0 Å². The second-order valence-electron chi connectivity index (χ2n) is 9.53. The number of nitrogens with one attached hydrogen (secondary N) is 1. The van der Waals surface area contributed by atoms with Gasteiger partial charge in [0.2, 0.25) is 0 Å². The van der Waals surface area contributed by atoms with Crippen LogP contribution < -0.4 is 5.32 Å². The summed E-state index contributed by atoms with van der Waals surface area (Å²) in [6.07, 6.45) is 2.28. The van der Waals surface area contributed by atoms with Gasteiger partial charge in [0.25, 0.3) is 5.91 Å². The molecule has 0 saturated carbocycles. The highest BCUT2D eigenvalue weighted by atomic mass is 19.1. The molecule has 0 saturated heterocycles. The Morgan fingerprint density at radius 3 is 2.33 bits per heavy atom. The number of carbonyl (C=O) groups excluding carboxylic acids is 1. The standard InChI is InChI=1S/C32H23FN4O3/c33-27-13-12-24-14-21(8-11-25(24)16-27)15-29-30-28(31(38)34-18-20-6-9-23(10-7-20)32(39)40)17-26(19-37(30)36-35-29)22-4-2-1-3-5-22/h1-14,16-17,19H,15,18H2,(H,34,38)(H,39,40). The number of hydrogen-bond donors (Lipinski definition) is 2. The molecule has 6 rings (SSSR count). The molecule has 0 aliphatic heterocycles. The molecule has 2 heterocycles. The van der Waals surface area contributed by atoms with E-state index in [0.717, 1.165) is 33.0 Å². The minimum Gasteiger partial charge on any atom is -0.478 e. The second-order valence-corrected chi connectivity index (χ2v) is 9.53. The average molecular weight is 531 g/mol. The summed E-state index contributed by atoms with van der Waals surface area (Å²) in [4.78, 5) is 24.7. The Kier molecular flexibility index (Phi) is 6.49. The van der Waals surface area contributed by atoms with Crippen LogP contribution in [0.1, 0.15) is 37.5 Å². The van der Waals surface area contributed by atoms with Crippen molar-refractivity contribution in [2.24, 2.45) is 0 Å². The van der Waals surface area contributed by atoms with Crippen molar-refractivity contribution in [3.63, 3.8) is 0 Å². The van der Waals surface area contributed by atoms with Gasteiger partial charge in [-0.2, -0.15) is 0 Å². The fourth-order valence-electron chi connectivity index (χ4n) is 4.78. The van der Waals surface area contributed by atoms with E-state index in [4.69, 9.17) is 5.11 Å². The molecule has 1 amide bonds. The zero-order valence-electron chi connectivity index (χ0n) is 21.2. The summed E-state index contributed by atoms with van der Waals surface area (Å²) in [7, 11) is 0. The Morgan fingerprint density at radius 2 is 1.55 bits per heavy atom. The van der Waals surface area contributed by atoms with Crippen molar-refractivity contribution in [2.45, 2.75) is 13.0 Å². The maximum absolute atomic E-state index is 13.6. The highest BCUT2D eigenvalue weighted by Gasteiger charge is 2.19. The van der Waals surface area contributed by atoms with Crippen molar-refractivity contribution in [2.75, 3.05) is 0 Å². The van der Waals surface area contributed by atoms with Gasteiger partial charge in [0.15, 0.2) is 0 Å². The maximum atomic E-state index is 13.6. The maximum Gasteiger partial charge on any atom is 0.335 e. The Bertz CT molecular complexity index is 1880. The van der Waals surface area contributed by atoms with Crippen molar-refractivity contribution in [1.29, 1.82) is 0 Å². The highest BCUT2D eigenvalue weighted by molar-refractivity contribution is 6.02. The smallest absolute Gasteiger partial charge is 0.335 e. The summed E-state index contributed by atoms with van der Waals surface area (Å²) >= 11 is 0. The monoisotopic (exact) mass is 530 g/mol. The molecule has 0 fully saturated rings. The molecule has 2 aromatic heterocycles. The lowest BCUT2D eigenvalue weighted by Crippen LogP contribution is -2.24. The molecule has 0 bridgehead atoms. The number of benzene rings is 4. The third-order valence-electron chi connectivity index (χ3n) is 6.82. The summed E-state index contributed by atoms with van der Waals surface area (Å²) in [6, 6.07) is 28.4. The predicted molar refractivity (Wildman–Crippen MR) is 150 cm³/mol. The molecular formula is C32H23FN4O3. The molecule has 2 N–H and O–H groups in total. The number of carbonyl (C=O) groups is 2. The third kappa shape index (κ3) is 5.02. The van der Waals surface area contributed by atoms with Gasteiger partial charge in [0.05, 0.1) is 16.8 Å². The molecule has 8 heteroatoms. The molecule has 0 aliphatic carbocycles. The van der Waals surface area contributed by atoms with E-state index in [2.05, 4.69) is 15.6 Å². The van der Waals surface area contributed by atoms with Crippen LogP contribution in [0.2, 0.25) is 0 Å². The lowest BCUT2D eigenvalue weighted by Gasteiger charge is -2.11. The van der Waals surface area contributed by atoms with Crippen LogP contribution in [0.3, 0.4) is 0 Å². The summed E-state index contributed by atoms with van der Waals surface area (Å²) in [5.41, 5.74) is 5.31. The first-order valence-electron chi connectivity index (χ1n) is 12.7. The van der Waals surface area contributed by atoms with Crippen LogP contribution in [0.15, 0.2) is 103 Å². The van der Waals surface area contributed by atoms with E-state index in [1.165, 1.54) is 24.3 Å². The topological polar surface area (TPSA) is 96.6 Å². The Hall–Kier alpha value is -5.37. The molecular weight excluding hydrogens is 507 g/mol. The summed E-state index contributed by atoms with van der Waals surface area (Å²) in [6.45, 7) is 0.221. The number of fused-ring (bicyclic) bond motifs is 2. The normalized spacial score (nSPS) is 11.1. The van der Waals surface area contributed by atoms with Crippen molar-refractivity contribution in [3.8, 4) is 11.1 Å². The van der Waals surface area contributed by atoms with Crippen LogP contribution in [0.4, 0.5) is 4.39 Å². The first kappa shape index (κ1) is 24.9. The van der Waals surface area contributed by atoms with Crippen molar-refractivity contribution in [1.82, 2.24) is 20.1 Å². The number of carboxylic acid groups (broad SMARTS) is 1. The van der Waals surface area contributed by atoms with Gasteiger partial charge in [-0.25, -0.2) is 13.7 Å². The molecule has 0 spiro atoms. The van der Waals surface area contributed by atoms with Crippen molar-refractivity contribution < 1.29 is 19.1 Å². The number of hydrogen-bond acceptors (Lipinski definition) is 4. The number of nitrogens with zero attached hydrogens (tertiary/aromatic N) is 3. The lowest BCUT2D eigenvalue weighted by atomic mass is 10.0. The van der Waals surface area contributed by atoms with E-state index in [9.17, 15) is 14.0 Å². The van der Waals surface area contributed by atoms with E-state index in [-0.39, 0.29) is 23.8 Å². The lowest BCUT2D eigenvalue weighted by molar-refractivity contribution is 0.0696. The predicted octanol–water partition coefficient (Wildman–Crippen LogP) is 5.91. The SMILES string of the molecule is O=C(O)c1ccc(CNC(=O)c2cc(-c3ccccc3)cn3nnc(Cc4ccc5cc(F)ccc5c4)c23)cc1. The van der Waals surface area contributed by atoms with Gasteiger partial charge < -0.3 is 10.4 Å². The first-order valence-corrected chi connectivity index (χ1v) is 12.7. The van der Waals surface area contributed by atoms with E-state index >= 15 is 0 Å². The number of amides is 1. The highest BCUT2D eigenvalue weighted by Crippen LogP contribution is 2.26. The number of aromatic carboxylic acids is 1. The van der Waals surface area contributed by atoms with Crippen LogP contribution in [0, 0.1) is 5.82 Å². The van der Waals surface area contributed by atoms with Gasteiger partial charge in [0, 0.05) is 24.7 Å². The van der Waals surface area contributed by atoms with Crippen LogP contribution >= 0.6 is 0 Å². The van der Waals surface area contributed by atoms with E-state index in [0.29, 0.717) is 23.2 Å². The fraction of sp³-hybridized carbons (Fsp3) is 0.0625. The quantitative estimate of drug-likeness (QED) is 0.268. The summed E-state index contributed by atoms with van der Waals surface area (Å²) < 4.78 is 15.3. The molecule has 196 valence electrons. The van der Waals surface area contributed by atoms with Gasteiger partial charge in [-0.05, 0) is 57.8 Å². The molecule has 40 heavy (non-hydrogen) atoms. The molecule has 4 aromatic carbocycles. The Labute approximate surface area is 228 Å². The molecule has 0 unspecified atom stereocenters. The molecule has 7 nitrogen and oxygen atoms in total. The number of aromatic nitrogens is 3. The van der Waals surface area contributed by atoms with Crippen LogP contribution in [-0.2, 0) is 13.0 Å². The fourth-order valence-corrected chi connectivity index (χ4v) is 4.78. The number of carboxylic acids is 1. The Balaban J connectivity index is 1.36. The number of halogens is 1. The van der Waals surface area contributed by atoms with E-state index in [1.54, 1.807) is 22.7 Å².